The average molecular weight is 280 g/mol. The van der Waals surface area contributed by atoms with Crippen molar-refractivity contribution in [3.63, 3.8) is 0 Å². The molecule has 0 radical (unpaired) electrons. The van der Waals surface area contributed by atoms with Gasteiger partial charge in [0.05, 0.1) is 13.2 Å². The van der Waals surface area contributed by atoms with E-state index < -0.39 is 0 Å². The van der Waals surface area contributed by atoms with Gasteiger partial charge in [-0.3, -0.25) is 0 Å². The summed E-state index contributed by atoms with van der Waals surface area (Å²) in [6.07, 6.45) is 0. The fraction of sp³-hybridized carbons (Fsp3) is 0.200. The molecule has 2 nitrogen and oxygen atoms in total. The Morgan fingerprint density at radius 3 is 2.63 bits per heavy atom. The molecule has 0 saturated carbocycles. The van der Waals surface area contributed by atoms with E-state index in [1.807, 2.05) is 31.3 Å². The lowest BCUT2D eigenvalue weighted by Gasteiger charge is -2.19. The van der Waals surface area contributed by atoms with Gasteiger partial charge in [-0.15, -0.1) is 0 Å². The standard InChI is InChI=1S/C15H15ClFNO/c1-18-15(10-4-3-5-12(8-10)19-2)13-7-6-11(17)9-14(13)16/h3-9,15,18H,1-2H3. The van der Waals surface area contributed by atoms with Gasteiger partial charge in [-0.25, -0.2) is 4.39 Å². The summed E-state index contributed by atoms with van der Waals surface area (Å²) in [5, 5.41) is 3.59. The summed E-state index contributed by atoms with van der Waals surface area (Å²) < 4.78 is 18.3. The van der Waals surface area contributed by atoms with Crippen LogP contribution in [0.4, 0.5) is 4.39 Å². The van der Waals surface area contributed by atoms with Crippen LogP contribution in [-0.2, 0) is 0 Å². The van der Waals surface area contributed by atoms with Gasteiger partial charge < -0.3 is 10.1 Å². The molecule has 1 unspecified atom stereocenters. The minimum absolute atomic E-state index is 0.108. The molecule has 2 aromatic rings. The van der Waals surface area contributed by atoms with E-state index >= 15 is 0 Å². The lowest BCUT2D eigenvalue weighted by atomic mass is 9.98. The smallest absolute Gasteiger partial charge is 0.124 e. The molecule has 4 heteroatoms. The van der Waals surface area contributed by atoms with Crippen LogP contribution in [-0.4, -0.2) is 14.2 Å². The first-order valence-corrected chi connectivity index (χ1v) is 6.29. The van der Waals surface area contributed by atoms with Crippen LogP contribution in [0.1, 0.15) is 17.2 Å². The van der Waals surface area contributed by atoms with Crippen LogP contribution in [0.3, 0.4) is 0 Å². The lowest BCUT2D eigenvalue weighted by Crippen LogP contribution is -2.18. The highest BCUT2D eigenvalue weighted by molar-refractivity contribution is 6.31. The van der Waals surface area contributed by atoms with Crippen LogP contribution in [0, 0.1) is 5.82 Å². The molecule has 0 fully saturated rings. The highest BCUT2D eigenvalue weighted by Gasteiger charge is 2.16. The minimum atomic E-state index is -0.339. The van der Waals surface area contributed by atoms with Gasteiger partial charge in [-0.05, 0) is 42.4 Å². The molecule has 100 valence electrons. The normalized spacial score (nSPS) is 12.2. The van der Waals surface area contributed by atoms with Crippen molar-refractivity contribution < 1.29 is 9.13 Å². The predicted octanol–water partition coefficient (Wildman–Crippen LogP) is 3.80. The number of benzene rings is 2. The Kier molecular flexibility index (Phi) is 4.40. The van der Waals surface area contributed by atoms with Gasteiger partial charge in [0.1, 0.15) is 11.6 Å². The number of hydrogen-bond donors (Lipinski definition) is 1. The van der Waals surface area contributed by atoms with E-state index in [2.05, 4.69) is 5.32 Å². The Balaban J connectivity index is 2.43. The third kappa shape index (κ3) is 3.06. The number of hydrogen-bond acceptors (Lipinski definition) is 2. The zero-order valence-corrected chi connectivity index (χ0v) is 11.5. The molecule has 0 amide bonds. The molecule has 1 N–H and O–H groups in total. The summed E-state index contributed by atoms with van der Waals surface area (Å²) in [7, 11) is 3.46. The van der Waals surface area contributed by atoms with Crippen molar-refractivity contribution in [2.24, 2.45) is 0 Å². The molecule has 0 heterocycles. The molecule has 0 saturated heterocycles. The first kappa shape index (κ1) is 13.8. The number of rotatable bonds is 4. The van der Waals surface area contributed by atoms with E-state index in [9.17, 15) is 4.39 Å². The van der Waals surface area contributed by atoms with E-state index in [-0.39, 0.29) is 11.9 Å². The van der Waals surface area contributed by atoms with E-state index in [0.29, 0.717) is 5.02 Å². The number of halogens is 2. The lowest BCUT2D eigenvalue weighted by molar-refractivity contribution is 0.414. The summed E-state index contributed by atoms with van der Waals surface area (Å²) in [6.45, 7) is 0. The largest absolute Gasteiger partial charge is 0.497 e. The highest BCUT2D eigenvalue weighted by Crippen LogP contribution is 2.30. The molecular formula is C15H15ClFNO. The first-order valence-electron chi connectivity index (χ1n) is 5.92. The van der Waals surface area contributed by atoms with E-state index in [0.717, 1.165) is 16.9 Å². The molecular weight excluding hydrogens is 265 g/mol. The third-order valence-electron chi connectivity index (χ3n) is 2.99. The average Bonchev–Trinajstić information content (AvgIpc) is 2.42. The van der Waals surface area contributed by atoms with Crippen molar-refractivity contribution in [3.05, 3.63) is 64.4 Å². The molecule has 0 aliphatic heterocycles. The summed E-state index contributed by atoms with van der Waals surface area (Å²) in [5.74, 6) is 0.435. The molecule has 2 aromatic carbocycles. The number of methoxy groups -OCH3 is 1. The Morgan fingerprint density at radius 2 is 2.00 bits per heavy atom. The Bertz CT molecular complexity index is 574. The van der Waals surface area contributed by atoms with Crippen molar-refractivity contribution >= 4 is 11.6 Å². The monoisotopic (exact) mass is 279 g/mol. The summed E-state index contributed by atoms with van der Waals surface area (Å²) in [6, 6.07) is 12.0. The summed E-state index contributed by atoms with van der Waals surface area (Å²) in [4.78, 5) is 0. The van der Waals surface area contributed by atoms with Crippen LogP contribution < -0.4 is 10.1 Å². The van der Waals surface area contributed by atoms with Gasteiger partial charge in [0.25, 0.3) is 0 Å². The van der Waals surface area contributed by atoms with E-state index in [4.69, 9.17) is 16.3 Å². The second kappa shape index (κ2) is 6.04. The number of ether oxygens (including phenoxy) is 1. The maximum Gasteiger partial charge on any atom is 0.124 e. The second-order valence-corrected chi connectivity index (χ2v) is 4.57. The molecule has 0 aromatic heterocycles. The number of nitrogens with one attached hydrogen (secondary N) is 1. The van der Waals surface area contributed by atoms with Crippen LogP contribution in [0.5, 0.6) is 5.75 Å². The quantitative estimate of drug-likeness (QED) is 0.919. The Hall–Kier alpha value is -1.58. The fourth-order valence-electron chi connectivity index (χ4n) is 2.06. The minimum Gasteiger partial charge on any atom is -0.497 e. The molecule has 2 rings (SSSR count). The van der Waals surface area contributed by atoms with E-state index in [1.165, 1.54) is 12.1 Å². The van der Waals surface area contributed by atoms with Crippen molar-refractivity contribution in [3.8, 4) is 5.75 Å². The fourth-order valence-corrected chi connectivity index (χ4v) is 2.33. The van der Waals surface area contributed by atoms with Gasteiger partial charge in [0, 0.05) is 5.02 Å². The predicted molar refractivity (Wildman–Crippen MR) is 75.3 cm³/mol. The Morgan fingerprint density at radius 1 is 1.21 bits per heavy atom. The Labute approximate surface area is 117 Å². The van der Waals surface area contributed by atoms with Crippen molar-refractivity contribution in [1.82, 2.24) is 5.32 Å². The van der Waals surface area contributed by atoms with Gasteiger partial charge in [-0.2, -0.15) is 0 Å². The molecule has 19 heavy (non-hydrogen) atoms. The van der Waals surface area contributed by atoms with Crippen molar-refractivity contribution in [2.75, 3.05) is 14.2 Å². The zero-order chi connectivity index (χ0) is 13.8. The van der Waals surface area contributed by atoms with E-state index in [1.54, 1.807) is 13.2 Å². The van der Waals surface area contributed by atoms with Crippen LogP contribution in [0.2, 0.25) is 5.02 Å². The zero-order valence-electron chi connectivity index (χ0n) is 10.8. The van der Waals surface area contributed by atoms with Gasteiger partial charge in [0.2, 0.25) is 0 Å². The molecule has 0 aliphatic rings. The van der Waals surface area contributed by atoms with Gasteiger partial charge in [0.15, 0.2) is 0 Å². The molecule has 0 bridgehead atoms. The third-order valence-corrected chi connectivity index (χ3v) is 3.32. The van der Waals surface area contributed by atoms with Gasteiger partial charge in [-0.1, -0.05) is 29.8 Å². The van der Waals surface area contributed by atoms with Gasteiger partial charge >= 0.3 is 0 Å². The van der Waals surface area contributed by atoms with Crippen molar-refractivity contribution in [1.29, 1.82) is 0 Å². The highest BCUT2D eigenvalue weighted by atomic mass is 35.5. The maximum atomic E-state index is 13.1. The maximum absolute atomic E-state index is 13.1. The SMILES string of the molecule is CNC(c1cccc(OC)c1)c1ccc(F)cc1Cl. The van der Waals surface area contributed by atoms with Crippen LogP contribution in [0.15, 0.2) is 42.5 Å². The van der Waals surface area contributed by atoms with Crippen LogP contribution in [0.25, 0.3) is 0 Å². The molecule has 1 atom stereocenters. The first-order chi connectivity index (χ1) is 9.15. The second-order valence-electron chi connectivity index (χ2n) is 4.16. The summed E-state index contributed by atoms with van der Waals surface area (Å²) >= 11 is 6.12. The van der Waals surface area contributed by atoms with Crippen LogP contribution >= 0.6 is 11.6 Å². The summed E-state index contributed by atoms with van der Waals surface area (Å²) in [5.41, 5.74) is 1.84. The molecule has 0 aliphatic carbocycles. The van der Waals surface area contributed by atoms with Crippen molar-refractivity contribution in [2.45, 2.75) is 6.04 Å². The molecule has 0 spiro atoms. The topological polar surface area (TPSA) is 21.3 Å².